The molecule has 13 heavy (non-hydrogen) atoms. The second-order valence-corrected chi connectivity index (χ2v) is 2.42. The maximum atomic E-state index is 10.2. The third-order valence-electron chi connectivity index (χ3n) is 1.46. The number of benzene rings is 1. The molecule has 1 amide bonds. The van der Waals surface area contributed by atoms with Gasteiger partial charge >= 0.3 is 6.09 Å². The average molecular weight is 182 g/mol. The maximum Gasteiger partial charge on any atom is 0.404 e. The first-order valence-electron chi connectivity index (χ1n) is 3.63. The Bertz CT molecular complexity index is 284. The van der Waals surface area contributed by atoms with Crippen molar-refractivity contribution in [2.45, 2.75) is 6.61 Å². The number of anilines is 1. The first-order valence-corrected chi connectivity index (χ1v) is 3.63. The molecule has 0 saturated heterocycles. The van der Waals surface area contributed by atoms with Crippen LogP contribution in [0.1, 0.15) is 5.56 Å². The lowest BCUT2D eigenvalue weighted by molar-refractivity contribution is 0.150. The van der Waals surface area contributed by atoms with Crippen molar-refractivity contribution < 1.29 is 14.7 Å². The fourth-order valence-corrected chi connectivity index (χ4v) is 0.830. The van der Waals surface area contributed by atoms with Gasteiger partial charge in [-0.2, -0.15) is 0 Å². The number of nitrogens with two attached hydrogens (primary N) is 1. The summed E-state index contributed by atoms with van der Waals surface area (Å²) < 4.78 is 4.56. The number of ether oxygens (including phenoxy) is 1. The highest BCUT2D eigenvalue weighted by Gasteiger charge is 1.96. The van der Waals surface area contributed by atoms with Gasteiger partial charge in [-0.3, -0.25) is 10.7 Å². The van der Waals surface area contributed by atoms with E-state index < -0.39 is 6.09 Å². The van der Waals surface area contributed by atoms with Crippen LogP contribution in [0, 0.1) is 0 Å². The lowest BCUT2D eigenvalue weighted by Gasteiger charge is -2.02. The highest BCUT2D eigenvalue weighted by atomic mass is 16.5. The minimum atomic E-state index is -0.802. The van der Waals surface area contributed by atoms with Crippen LogP contribution in [0.25, 0.3) is 0 Å². The molecule has 0 aliphatic rings. The van der Waals surface area contributed by atoms with Crippen LogP contribution in [0.15, 0.2) is 24.3 Å². The highest BCUT2D eigenvalue weighted by Crippen LogP contribution is 2.08. The molecule has 0 spiro atoms. The predicted molar refractivity (Wildman–Crippen MR) is 46.2 cm³/mol. The summed E-state index contributed by atoms with van der Waals surface area (Å²) in [6.45, 7) is 0.140. The highest BCUT2D eigenvalue weighted by molar-refractivity contribution is 5.64. The van der Waals surface area contributed by atoms with Crippen LogP contribution in [0.4, 0.5) is 10.5 Å². The summed E-state index contributed by atoms with van der Waals surface area (Å²) in [5, 5.41) is 8.49. The van der Waals surface area contributed by atoms with Gasteiger partial charge in [-0.15, -0.1) is 0 Å². The number of rotatable bonds is 3. The van der Waals surface area contributed by atoms with Crippen LogP contribution in [0.3, 0.4) is 0 Å². The van der Waals surface area contributed by atoms with Crippen LogP contribution < -0.4 is 11.2 Å². The zero-order valence-corrected chi connectivity index (χ0v) is 6.86. The van der Waals surface area contributed by atoms with E-state index in [9.17, 15) is 4.79 Å². The van der Waals surface area contributed by atoms with Crippen LogP contribution in [-0.4, -0.2) is 11.3 Å². The quantitative estimate of drug-likeness (QED) is 0.611. The zero-order chi connectivity index (χ0) is 9.68. The van der Waals surface area contributed by atoms with Gasteiger partial charge in [0.1, 0.15) is 6.61 Å². The Hall–Kier alpha value is -1.75. The predicted octanol–water partition coefficient (Wildman–Crippen LogP) is 1.08. The Morgan fingerprint density at radius 3 is 2.54 bits per heavy atom. The van der Waals surface area contributed by atoms with Gasteiger partial charge in [-0.05, 0) is 17.7 Å². The number of nitrogens with one attached hydrogen (secondary N) is 1. The Balaban J connectivity index is 2.54. The minimum Gasteiger partial charge on any atom is -0.445 e. The third kappa shape index (κ3) is 3.00. The second kappa shape index (κ2) is 4.32. The molecule has 1 aromatic carbocycles. The molecule has 0 unspecified atom stereocenters. The van der Waals surface area contributed by atoms with Crippen molar-refractivity contribution in [3.8, 4) is 0 Å². The van der Waals surface area contributed by atoms with Crippen LogP contribution in [0.5, 0.6) is 0 Å². The van der Waals surface area contributed by atoms with E-state index in [0.29, 0.717) is 5.69 Å². The third-order valence-corrected chi connectivity index (χ3v) is 1.46. The monoisotopic (exact) mass is 182 g/mol. The number of primary amides is 1. The molecule has 5 nitrogen and oxygen atoms in total. The summed E-state index contributed by atoms with van der Waals surface area (Å²) in [6, 6.07) is 6.72. The summed E-state index contributed by atoms with van der Waals surface area (Å²) >= 11 is 0. The largest absolute Gasteiger partial charge is 0.445 e. The molecule has 4 N–H and O–H groups in total. The number of carbonyl (C=O) groups excluding carboxylic acids is 1. The molecule has 0 radical (unpaired) electrons. The molecule has 0 aliphatic carbocycles. The summed E-state index contributed by atoms with van der Waals surface area (Å²) in [5.74, 6) is 0. The van der Waals surface area contributed by atoms with Gasteiger partial charge in [0.2, 0.25) is 0 Å². The summed E-state index contributed by atoms with van der Waals surface area (Å²) in [7, 11) is 0. The number of hydrogen-bond donors (Lipinski definition) is 3. The lowest BCUT2D eigenvalue weighted by Crippen LogP contribution is -2.12. The second-order valence-electron chi connectivity index (χ2n) is 2.42. The first-order chi connectivity index (χ1) is 6.22. The van der Waals surface area contributed by atoms with Crippen molar-refractivity contribution in [1.29, 1.82) is 0 Å². The van der Waals surface area contributed by atoms with Crippen molar-refractivity contribution >= 4 is 11.8 Å². The van der Waals surface area contributed by atoms with E-state index in [4.69, 9.17) is 10.9 Å². The van der Waals surface area contributed by atoms with Gasteiger partial charge < -0.3 is 10.5 Å². The Morgan fingerprint density at radius 2 is 2.08 bits per heavy atom. The van der Waals surface area contributed by atoms with Crippen molar-refractivity contribution in [3.05, 3.63) is 29.8 Å². The zero-order valence-electron chi connectivity index (χ0n) is 6.86. The fraction of sp³-hybridized carbons (Fsp3) is 0.125. The molecule has 5 heteroatoms. The SMILES string of the molecule is NC(=O)OCc1ccc(NO)cc1. The molecule has 0 aromatic heterocycles. The molecular weight excluding hydrogens is 172 g/mol. The van der Waals surface area contributed by atoms with E-state index in [-0.39, 0.29) is 6.61 Å². The molecule has 0 fully saturated rings. The van der Waals surface area contributed by atoms with E-state index >= 15 is 0 Å². The molecular formula is C8H10N2O3. The normalized spacial score (nSPS) is 9.31. The Kier molecular flexibility index (Phi) is 3.10. The molecule has 1 rings (SSSR count). The summed E-state index contributed by atoms with van der Waals surface area (Å²) in [4.78, 5) is 10.2. The number of amides is 1. The van der Waals surface area contributed by atoms with E-state index in [1.54, 1.807) is 24.3 Å². The minimum absolute atomic E-state index is 0.140. The molecule has 1 aromatic rings. The van der Waals surface area contributed by atoms with E-state index in [1.165, 1.54) is 0 Å². The standard InChI is InChI=1S/C8H10N2O3/c9-8(11)13-5-6-1-3-7(10-12)4-2-6/h1-4,10,12H,5H2,(H2,9,11). The van der Waals surface area contributed by atoms with Crippen molar-refractivity contribution in [3.63, 3.8) is 0 Å². The van der Waals surface area contributed by atoms with Crippen molar-refractivity contribution in [2.75, 3.05) is 5.48 Å². The summed E-state index contributed by atoms with van der Waals surface area (Å²) in [5.41, 5.74) is 8.15. The number of hydrogen-bond acceptors (Lipinski definition) is 4. The topological polar surface area (TPSA) is 84.6 Å². The number of carbonyl (C=O) groups is 1. The smallest absolute Gasteiger partial charge is 0.404 e. The molecule has 0 heterocycles. The van der Waals surface area contributed by atoms with Crippen LogP contribution in [-0.2, 0) is 11.3 Å². The Labute approximate surface area is 75.1 Å². The van der Waals surface area contributed by atoms with E-state index in [2.05, 4.69) is 4.74 Å². The lowest BCUT2D eigenvalue weighted by atomic mass is 10.2. The van der Waals surface area contributed by atoms with Crippen molar-refractivity contribution in [1.82, 2.24) is 0 Å². The fourth-order valence-electron chi connectivity index (χ4n) is 0.830. The molecule has 0 atom stereocenters. The molecule has 0 aliphatic heterocycles. The molecule has 0 saturated carbocycles. The van der Waals surface area contributed by atoms with E-state index in [0.717, 1.165) is 5.56 Å². The molecule has 0 bridgehead atoms. The van der Waals surface area contributed by atoms with Gasteiger partial charge in [0, 0.05) is 0 Å². The van der Waals surface area contributed by atoms with Gasteiger partial charge in [0.05, 0.1) is 5.69 Å². The van der Waals surface area contributed by atoms with E-state index in [1.807, 2.05) is 5.48 Å². The maximum absolute atomic E-state index is 10.2. The van der Waals surface area contributed by atoms with Gasteiger partial charge in [-0.1, -0.05) is 12.1 Å². The van der Waals surface area contributed by atoms with Crippen LogP contribution in [0.2, 0.25) is 0 Å². The summed E-state index contributed by atoms with van der Waals surface area (Å²) in [6.07, 6.45) is -0.802. The van der Waals surface area contributed by atoms with Gasteiger partial charge in [0.25, 0.3) is 0 Å². The first kappa shape index (κ1) is 9.34. The van der Waals surface area contributed by atoms with Gasteiger partial charge in [0.15, 0.2) is 0 Å². The Morgan fingerprint density at radius 1 is 1.46 bits per heavy atom. The molecule has 70 valence electrons. The van der Waals surface area contributed by atoms with Crippen molar-refractivity contribution in [2.24, 2.45) is 5.73 Å². The van der Waals surface area contributed by atoms with Gasteiger partial charge in [-0.25, -0.2) is 4.79 Å². The average Bonchev–Trinajstić information content (AvgIpc) is 2.15. The van der Waals surface area contributed by atoms with Crippen LogP contribution >= 0.6 is 0 Å².